The van der Waals surface area contributed by atoms with E-state index in [-0.39, 0.29) is 23.5 Å². The summed E-state index contributed by atoms with van der Waals surface area (Å²) in [7, 11) is -3.82. The third-order valence-corrected chi connectivity index (χ3v) is 6.67. The fourth-order valence-corrected chi connectivity index (χ4v) is 4.70. The molecule has 1 heterocycles. The molecule has 0 aliphatic carbocycles. The highest BCUT2D eigenvalue weighted by Crippen LogP contribution is 2.22. The van der Waals surface area contributed by atoms with Crippen LogP contribution in [0.2, 0.25) is 0 Å². The maximum absolute atomic E-state index is 14.5. The molecule has 1 amide bonds. The molecule has 0 saturated carbocycles. The minimum atomic E-state index is -3.82. The quantitative estimate of drug-likeness (QED) is 0.691. The van der Waals surface area contributed by atoms with Gasteiger partial charge in [0.05, 0.1) is 23.7 Å². The number of hydrogen-bond donors (Lipinski definition) is 0. The summed E-state index contributed by atoms with van der Waals surface area (Å²) in [5.74, 6) is -1.25. The zero-order valence-corrected chi connectivity index (χ0v) is 17.2. The van der Waals surface area contributed by atoms with Crippen LogP contribution in [0.25, 0.3) is 0 Å². The van der Waals surface area contributed by atoms with E-state index in [2.05, 4.69) is 0 Å². The third kappa shape index (κ3) is 5.01. The molecular formula is C21H25FN2O4S. The Labute approximate surface area is 170 Å². The SMILES string of the molecule is CCCN(Cc1ccccc1)C(=O)c1cc(S(=O)(=O)N2CCOCC2)ccc1F. The van der Waals surface area contributed by atoms with Gasteiger partial charge in [-0.15, -0.1) is 0 Å². The van der Waals surface area contributed by atoms with E-state index in [4.69, 9.17) is 4.74 Å². The van der Waals surface area contributed by atoms with Crippen LogP contribution in [0.15, 0.2) is 53.4 Å². The predicted octanol–water partition coefficient (Wildman–Crippen LogP) is 2.90. The molecule has 0 bridgehead atoms. The zero-order valence-electron chi connectivity index (χ0n) is 16.4. The summed E-state index contributed by atoms with van der Waals surface area (Å²) in [6.07, 6.45) is 0.700. The predicted molar refractivity (Wildman–Crippen MR) is 107 cm³/mol. The summed E-state index contributed by atoms with van der Waals surface area (Å²) in [6, 6.07) is 12.8. The number of ether oxygens (including phenoxy) is 1. The summed E-state index contributed by atoms with van der Waals surface area (Å²) < 4.78 is 46.8. The lowest BCUT2D eigenvalue weighted by Gasteiger charge is -2.26. The topological polar surface area (TPSA) is 66.9 Å². The Balaban J connectivity index is 1.90. The summed E-state index contributed by atoms with van der Waals surface area (Å²) in [4.78, 5) is 14.5. The number of benzene rings is 2. The van der Waals surface area contributed by atoms with E-state index in [0.717, 1.165) is 17.7 Å². The molecule has 29 heavy (non-hydrogen) atoms. The molecule has 0 unspecified atom stereocenters. The minimum Gasteiger partial charge on any atom is -0.379 e. The highest BCUT2D eigenvalue weighted by atomic mass is 32.2. The Hall–Kier alpha value is -2.29. The number of carbonyl (C=O) groups is 1. The van der Waals surface area contributed by atoms with Gasteiger partial charge in [0.2, 0.25) is 10.0 Å². The van der Waals surface area contributed by atoms with E-state index >= 15 is 0 Å². The highest BCUT2D eigenvalue weighted by molar-refractivity contribution is 7.89. The standard InChI is InChI=1S/C21H25FN2O4S/c1-2-10-23(16-17-6-4-3-5-7-17)21(25)19-15-18(8-9-20(19)22)29(26,27)24-11-13-28-14-12-24/h3-9,15H,2,10-14,16H2,1H3. The van der Waals surface area contributed by atoms with Gasteiger partial charge in [-0.1, -0.05) is 37.3 Å². The fourth-order valence-electron chi connectivity index (χ4n) is 3.26. The molecule has 1 aliphatic rings. The molecule has 0 aromatic heterocycles. The van der Waals surface area contributed by atoms with Gasteiger partial charge in [0.1, 0.15) is 5.82 Å². The van der Waals surface area contributed by atoms with E-state index in [0.29, 0.717) is 32.7 Å². The van der Waals surface area contributed by atoms with Crippen LogP contribution in [0.1, 0.15) is 29.3 Å². The Morgan fingerprint density at radius 1 is 1.14 bits per heavy atom. The van der Waals surface area contributed by atoms with Gasteiger partial charge in [-0.3, -0.25) is 4.79 Å². The summed E-state index contributed by atoms with van der Waals surface area (Å²) in [5.41, 5.74) is 0.690. The lowest BCUT2D eigenvalue weighted by Crippen LogP contribution is -2.40. The zero-order chi connectivity index (χ0) is 20.9. The summed E-state index contributed by atoms with van der Waals surface area (Å²) in [6.45, 7) is 3.79. The van der Waals surface area contributed by atoms with Crippen molar-refractivity contribution in [3.8, 4) is 0 Å². The second-order valence-corrected chi connectivity index (χ2v) is 8.81. The maximum Gasteiger partial charge on any atom is 0.257 e. The molecule has 0 spiro atoms. The second-order valence-electron chi connectivity index (χ2n) is 6.87. The molecule has 2 aromatic carbocycles. The van der Waals surface area contributed by atoms with Crippen LogP contribution in [-0.4, -0.2) is 56.4 Å². The molecule has 1 aliphatic heterocycles. The largest absolute Gasteiger partial charge is 0.379 e. The molecule has 6 nitrogen and oxygen atoms in total. The smallest absolute Gasteiger partial charge is 0.257 e. The van der Waals surface area contributed by atoms with Gasteiger partial charge in [-0.2, -0.15) is 4.31 Å². The lowest BCUT2D eigenvalue weighted by atomic mass is 10.1. The number of carbonyl (C=O) groups excluding carboxylic acids is 1. The van der Waals surface area contributed by atoms with Gasteiger partial charge in [0.15, 0.2) is 0 Å². The van der Waals surface area contributed by atoms with Crippen molar-refractivity contribution in [2.24, 2.45) is 0 Å². The van der Waals surface area contributed by atoms with Crippen molar-refractivity contribution in [2.45, 2.75) is 24.8 Å². The van der Waals surface area contributed by atoms with Crippen LogP contribution in [0.3, 0.4) is 0 Å². The Bertz CT molecular complexity index is 944. The van der Waals surface area contributed by atoms with Crippen LogP contribution in [0.5, 0.6) is 0 Å². The summed E-state index contributed by atoms with van der Waals surface area (Å²) >= 11 is 0. The van der Waals surface area contributed by atoms with Crippen LogP contribution in [-0.2, 0) is 21.3 Å². The van der Waals surface area contributed by atoms with Crippen molar-refractivity contribution < 1.29 is 22.3 Å². The average molecular weight is 421 g/mol. The first-order chi connectivity index (χ1) is 13.9. The molecular weight excluding hydrogens is 395 g/mol. The number of morpholine rings is 1. The average Bonchev–Trinajstić information content (AvgIpc) is 2.74. The first-order valence-corrected chi connectivity index (χ1v) is 11.1. The molecule has 0 radical (unpaired) electrons. The molecule has 0 atom stereocenters. The number of amides is 1. The van der Waals surface area contributed by atoms with Crippen LogP contribution in [0, 0.1) is 5.82 Å². The Kier molecular flexibility index (Phi) is 7.00. The van der Waals surface area contributed by atoms with Gasteiger partial charge in [-0.25, -0.2) is 12.8 Å². The lowest BCUT2D eigenvalue weighted by molar-refractivity contribution is 0.0728. The molecule has 8 heteroatoms. The molecule has 156 valence electrons. The number of halogens is 1. The molecule has 3 rings (SSSR count). The van der Waals surface area contributed by atoms with Gasteiger partial charge in [0, 0.05) is 26.2 Å². The van der Waals surface area contributed by atoms with E-state index < -0.39 is 21.7 Å². The number of hydrogen-bond acceptors (Lipinski definition) is 4. The van der Waals surface area contributed by atoms with E-state index in [1.165, 1.54) is 10.4 Å². The third-order valence-electron chi connectivity index (χ3n) is 4.77. The van der Waals surface area contributed by atoms with Gasteiger partial charge < -0.3 is 9.64 Å². The van der Waals surface area contributed by atoms with Crippen molar-refractivity contribution in [3.05, 3.63) is 65.5 Å². The van der Waals surface area contributed by atoms with Gasteiger partial charge >= 0.3 is 0 Å². The monoisotopic (exact) mass is 420 g/mol. The fraction of sp³-hybridized carbons (Fsp3) is 0.381. The molecule has 2 aromatic rings. The molecule has 0 N–H and O–H groups in total. The van der Waals surface area contributed by atoms with E-state index in [9.17, 15) is 17.6 Å². The first kappa shape index (κ1) is 21.4. The van der Waals surface area contributed by atoms with Crippen molar-refractivity contribution in [2.75, 3.05) is 32.8 Å². The van der Waals surface area contributed by atoms with Crippen LogP contribution in [0.4, 0.5) is 4.39 Å². The number of nitrogens with zero attached hydrogens (tertiary/aromatic N) is 2. The van der Waals surface area contributed by atoms with Crippen molar-refractivity contribution in [1.29, 1.82) is 0 Å². The van der Waals surface area contributed by atoms with E-state index in [1.807, 2.05) is 37.3 Å². The summed E-state index contributed by atoms with van der Waals surface area (Å²) in [5, 5.41) is 0. The van der Waals surface area contributed by atoms with Crippen molar-refractivity contribution in [1.82, 2.24) is 9.21 Å². The molecule has 1 fully saturated rings. The van der Waals surface area contributed by atoms with Crippen LogP contribution >= 0.6 is 0 Å². The van der Waals surface area contributed by atoms with Crippen molar-refractivity contribution >= 4 is 15.9 Å². The Morgan fingerprint density at radius 3 is 2.48 bits per heavy atom. The molecule has 1 saturated heterocycles. The number of rotatable bonds is 7. The normalized spacial score (nSPS) is 15.2. The minimum absolute atomic E-state index is 0.0830. The van der Waals surface area contributed by atoms with Crippen molar-refractivity contribution in [3.63, 3.8) is 0 Å². The van der Waals surface area contributed by atoms with Gasteiger partial charge in [-0.05, 0) is 30.2 Å². The number of sulfonamides is 1. The second kappa shape index (κ2) is 9.47. The van der Waals surface area contributed by atoms with Crippen LogP contribution < -0.4 is 0 Å². The first-order valence-electron chi connectivity index (χ1n) is 9.64. The highest BCUT2D eigenvalue weighted by Gasteiger charge is 2.28. The Morgan fingerprint density at radius 2 is 1.83 bits per heavy atom. The maximum atomic E-state index is 14.5. The van der Waals surface area contributed by atoms with Gasteiger partial charge in [0.25, 0.3) is 5.91 Å². The van der Waals surface area contributed by atoms with E-state index in [1.54, 1.807) is 4.90 Å².